The Labute approximate surface area is 98.9 Å². The van der Waals surface area contributed by atoms with E-state index < -0.39 is 0 Å². The van der Waals surface area contributed by atoms with Gasteiger partial charge in [0.25, 0.3) is 0 Å². The van der Waals surface area contributed by atoms with Crippen LogP contribution < -0.4 is 11.5 Å². The molecule has 1 aromatic heterocycles. The molecule has 0 aliphatic carbocycles. The second-order valence-corrected chi connectivity index (χ2v) is 4.03. The van der Waals surface area contributed by atoms with Gasteiger partial charge in [-0.3, -0.25) is 0 Å². The van der Waals surface area contributed by atoms with Gasteiger partial charge in [-0.1, -0.05) is 24.8 Å². The van der Waals surface area contributed by atoms with Crippen LogP contribution in [0.1, 0.15) is 0 Å². The highest BCUT2D eigenvalue weighted by Crippen LogP contribution is 2.35. The van der Waals surface area contributed by atoms with Crippen LogP contribution in [0.15, 0.2) is 43.0 Å². The van der Waals surface area contributed by atoms with Gasteiger partial charge in [0.1, 0.15) is 0 Å². The van der Waals surface area contributed by atoms with E-state index in [1.807, 2.05) is 41.0 Å². The minimum Gasteiger partial charge on any atom is -0.397 e. The van der Waals surface area contributed by atoms with Crippen molar-refractivity contribution in [3.63, 3.8) is 0 Å². The molecule has 0 radical (unpaired) electrons. The third kappa shape index (κ3) is 1.16. The highest BCUT2D eigenvalue weighted by atomic mass is 15.0. The van der Waals surface area contributed by atoms with Crippen molar-refractivity contribution in [1.82, 2.24) is 4.57 Å². The zero-order valence-electron chi connectivity index (χ0n) is 9.35. The molecule has 4 N–H and O–H groups in total. The average molecular weight is 223 g/mol. The topological polar surface area (TPSA) is 57.0 Å². The number of rotatable bonds is 1. The van der Waals surface area contributed by atoms with E-state index in [2.05, 4.69) is 6.58 Å². The quantitative estimate of drug-likeness (QED) is 0.623. The summed E-state index contributed by atoms with van der Waals surface area (Å²) in [5.74, 6) is 0. The van der Waals surface area contributed by atoms with Gasteiger partial charge in [0, 0.05) is 17.0 Å². The minimum atomic E-state index is 0.615. The van der Waals surface area contributed by atoms with Crippen LogP contribution >= 0.6 is 0 Å². The second-order valence-electron chi connectivity index (χ2n) is 4.03. The van der Waals surface area contributed by atoms with Gasteiger partial charge < -0.3 is 16.0 Å². The van der Waals surface area contributed by atoms with E-state index in [1.165, 1.54) is 0 Å². The molecule has 0 aliphatic heterocycles. The predicted octanol–water partition coefficient (Wildman–Crippen LogP) is 3.06. The number of hydrogen-bond acceptors (Lipinski definition) is 2. The Morgan fingerprint density at radius 3 is 2.53 bits per heavy atom. The first-order valence-corrected chi connectivity index (χ1v) is 5.43. The van der Waals surface area contributed by atoms with Crippen LogP contribution in [0.25, 0.3) is 28.0 Å². The van der Waals surface area contributed by atoms with Crippen LogP contribution in [0.2, 0.25) is 0 Å². The van der Waals surface area contributed by atoms with Crippen molar-refractivity contribution >= 4 is 39.4 Å². The van der Waals surface area contributed by atoms with E-state index >= 15 is 0 Å². The zero-order chi connectivity index (χ0) is 12.0. The summed E-state index contributed by atoms with van der Waals surface area (Å²) in [6.45, 7) is 3.85. The van der Waals surface area contributed by atoms with Crippen molar-refractivity contribution in [3.05, 3.63) is 43.0 Å². The van der Waals surface area contributed by atoms with Gasteiger partial charge in [0.2, 0.25) is 0 Å². The van der Waals surface area contributed by atoms with E-state index in [4.69, 9.17) is 11.5 Å². The fourth-order valence-electron chi connectivity index (χ4n) is 2.33. The van der Waals surface area contributed by atoms with Gasteiger partial charge in [-0.2, -0.15) is 0 Å². The molecule has 0 unspecified atom stereocenters. The molecule has 3 nitrogen and oxygen atoms in total. The third-order valence-electron chi connectivity index (χ3n) is 3.13. The SMILES string of the molecule is C=Cn1c2ccccc2c2c(N)c(N)ccc21. The molecule has 1 heterocycles. The van der Waals surface area contributed by atoms with E-state index in [9.17, 15) is 0 Å². The number of aromatic nitrogens is 1. The number of nitrogens with zero attached hydrogens (tertiary/aromatic N) is 1. The van der Waals surface area contributed by atoms with E-state index in [0.29, 0.717) is 11.4 Å². The van der Waals surface area contributed by atoms with Crippen molar-refractivity contribution < 1.29 is 0 Å². The van der Waals surface area contributed by atoms with Crippen LogP contribution in [0, 0.1) is 0 Å². The Morgan fingerprint density at radius 2 is 1.76 bits per heavy atom. The molecule has 0 atom stereocenters. The molecule has 0 amide bonds. The number of anilines is 2. The van der Waals surface area contributed by atoms with Crippen molar-refractivity contribution in [2.75, 3.05) is 11.5 Å². The Hall–Kier alpha value is -2.42. The fourth-order valence-corrected chi connectivity index (χ4v) is 2.33. The first kappa shape index (κ1) is 9.78. The van der Waals surface area contributed by atoms with Gasteiger partial charge in [0.15, 0.2) is 0 Å². The predicted molar refractivity (Wildman–Crippen MR) is 74.7 cm³/mol. The molecule has 3 aromatic rings. The number of nitrogens with two attached hydrogens (primary N) is 2. The fraction of sp³-hybridized carbons (Fsp3) is 0. The standard InChI is InChI=1S/C14H13N3/c1-2-17-11-6-4-3-5-9(11)13-12(17)8-7-10(15)14(13)16/h2-8H,1,15-16H2. The van der Waals surface area contributed by atoms with Crippen LogP contribution in [-0.2, 0) is 0 Å². The summed E-state index contributed by atoms with van der Waals surface area (Å²) >= 11 is 0. The largest absolute Gasteiger partial charge is 0.397 e. The first-order valence-electron chi connectivity index (χ1n) is 5.43. The van der Waals surface area contributed by atoms with Crippen LogP contribution in [0.4, 0.5) is 11.4 Å². The molecule has 17 heavy (non-hydrogen) atoms. The number of nitrogen functional groups attached to an aromatic ring is 2. The summed E-state index contributed by atoms with van der Waals surface area (Å²) in [6, 6.07) is 11.9. The number of fused-ring (bicyclic) bond motifs is 3. The molecule has 0 saturated heterocycles. The first-order chi connectivity index (χ1) is 8.24. The molecule has 3 rings (SSSR count). The molecule has 0 bridgehead atoms. The lowest BCUT2D eigenvalue weighted by molar-refractivity contribution is 1.30. The van der Waals surface area contributed by atoms with Gasteiger partial charge in [-0.15, -0.1) is 0 Å². The summed E-state index contributed by atoms with van der Waals surface area (Å²) in [5, 5.41) is 2.10. The van der Waals surface area contributed by atoms with Gasteiger partial charge in [-0.25, -0.2) is 0 Å². The number of benzene rings is 2. The Kier molecular flexibility index (Phi) is 1.89. The van der Waals surface area contributed by atoms with Crippen molar-refractivity contribution in [3.8, 4) is 0 Å². The average Bonchev–Trinajstić information content (AvgIpc) is 2.68. The lowest BCUT2D eigenvalue weighted by Gasteiger charge is -2.02. The van der Waals surface area contributed by atoms with Crippen LogP contribution in [0.3, 0.4) is 0 Å². The molecular formula is C14H13N3. The van der Waals surface area contributed by atoms with Crippen molar-refractivity contribution in [1.29, 1.82) is 0 Å². The van der Waals surface area contributed by atoms with E-state index in [0.717, 1.165) is 21.8 Å². The Morgan fingerprint density at radius 1 is 1.00 bits per heavy atom. The molecule has 0 spiro atoms. The molecule has 0 aliphatic rings. The van der Waals surface area contributed by atoms with Gasteiger partial charge in [-0.05, 0) is 18.2 Å². The van der Waals surface area contributed by atoms with Gasteiger partial charge >= 0.3 is 0 Å². The number of para-hydroxylation sites is 1. The Balaban J connectivity index is 2.68. The van der Waals surface area contributed by atoms with Crippen LogP contribution in [-0.4, -0.2) is 4.57 Å². The summed E-state index contributed by atoms with van der Waals surface area (Å²) in [6.07, 6.45) is 1.79. The maximum Gasteiger partial charge on any atom is 0.0649 e. The Bertz CT molecular complexity index is 738. The molecular weight excluding hydrogens is 210 g/mol. The third-order valence-corrected chi connectivity index (χ3v) is 3.13. The van der Waals surface area contributed by atoms with E-state index in [-0.39, 0.29) is 0 Å². The smallest absolute Gasteiger partial charge is 0.0649 e. The van der Waals surface area contributed by atoms with Gasteiger partial charge in [0.05, 0.1) is 22.4 Å². The maximum atomic E-state index is 6.08. The van der Waals surface area contributed by atoms with Crippen molar-refractivity contribution in [2.45, 2.75) is 0 Å². The van der Waals surface area contributed by atoms with Crippen molar-refractivity contribution in [2.24, 2.45) is 0 Å². The minimum absolute atomic E-state index is 0.615. The lowest BCUT2D eigenvalue weighted by Crippen LogP contribution is -1.95. The second kappa shape index (κ2) is 3.28. The molecule has 84 valence electrons. The van der Waals surface area contributed by atoms with Crippen LogP contribution in [0.5, 0.6) is 0 Å². The highest BCUT2D eigenvalue weighted by Gasteiger charge is 2.12. The summed E-state index contributed by atoms with van der Waals surface area (Å²) in [5.41, 5.74) is 15.3. The normalized spacial score (nSPS) is 11.1. The molecule has 0 fully saturated rings. The molecule has 2 aromatic carbocycles. The maximum absolute atomic E-state index is 6.08. The summed E-state index contributed by atoms with van der Waals surface area (Å²) in [7, 11) is 0. The van der Waals surface area contributed by atoms with E-state index in [1.54, 1.807) is 6.20 Å². The zero-order valence-corrected chi connectivity index (χ0v) is 9.35. The highest BCUT2D eigenvalue weighted by molar-refractivity contribution is 6.16. The summed E-state index contributed by atoms with van der Waals surface area (Å²) < 4.78 is 2.03. The number of hydrogen-bond donors (Lipinski definition) is 2. The monoisotopic (exact) mass is 223 g/mol. The molecule has 3 heteroatoms. The summed E-state index contributed by atoms with van der Waals surface area (Å²) in [4.78, 5) is 0. The lowest BCUT2D eigenvalue weighted by atomic mass is 10.1. The molecule has 0 saturated carbocycles.